The summed E-state index contributed by atoms with van der Waals surface area (Å²) in [7, 11) is 0. The maximum absolute atomic E-state index is 13.3. The van der Waals surface area contributed by atoms with Crippen LogP contribution in [0.5, 0.6) is 0 Å². The predicted octanol–water partition coefficient (Wildman–Crippen LogP) is 3.38. The Morgan fingerprint density at radius 3 is 2.52 bits per heavy atom. The molecule has 2 rings (SSSR count). The molecule has 2 aromatic rings. The molecule has 0 heterocycles. The molecule has 0 fully saturated rings. The van der Waals surface area contributed by atoms with Crippen LogP contribution < -0.4 is 11.1 Å². The first-order valence-corrected chi connectivity index (χ1v) is 6.85. The zero-order valence-corrected chi connectivity index (χ0v) is 12.3. The first kappa shape index (κ1) is 15.3. The van der Waals surface area contributed by atoms with Gasteiger partial charge in [0.15, 0.2) is 0 Å². The number of nitrogens with two attached hydrogens (primary N) is 1. The normalized spacial score (nSPS) is 13.5. The fourth-order valence-corrected chi connectivity index (χ4v) is 2.23. The maximum Gasteiger partial charge on any atom is 0.243 e. The van der Waals surface area contributed by atoms with Gasteiger partial charge in [-0.3, -0.25) is 4.79 Å². The van der Waals surface area contributed by atoms with E-state index in [-0.39, 0.29) is 12.2 Å². The highest BCUT2D eigenvalue weighted by Crippen LogP contribution is 2.22. The zero-order chi connectivity index (χ0) is 15.5. The molecular formula is C16H16ClFN2O. The van der Waals surface area contributed by atoms with E-state index in [1.54, 1.807) is 43.3 Å². The summed E-state index contributed by atoms with van der Waals surface area (Å²) in [5.74, 6) is -0.854. The number of nitrogens with one attached hydrogen (secondary N) is 1. The highest BCUT2D eigenvalue weighted by molar-refractivity contribution is 6.30. The first-order valence-electron chi connectivity index (χ1n) is 6.47. The van der Waals surface area contributed by atoms with Crippen LogP contribution in [0.15, 0.2) is 48.5 Å². The van der Waals surface area contributed by atoms with Crippen LogP contribution in [0.25, 0.3) is 0 Å². The Morgan fingerprint density at radius 2 is 1.95 bits per heavy atom. The number of hydrogen-bond donors (Lipinski definition) is 2. The number of halogens is 2. The van der Waals surface area contributed by atoms with E-state index < -0.39 is 11.4 Å². The number of carbonyl (C=O) groups is 1. The smallest absolute Gasteiger partial charge is 0.243 e. The molecule has 3 nitrogen and oxygen atoms in total. The van der Waals surface area contributed by atoms with E-state index in [0.717, 1.165) is 5.69 Å². The van der Waals surface area contributed by atoms with Crippen molar-refractivity contribution in [1.82, 2.24) is 0 Å². The van der Waals surface area contributed by atoms with Crippen molar-refractivity contribution in [3.63, 3.8) is 0 Å². The Morgan fingerprint density at radius 1 is 1.29 bits per heavy atom. The number of hydrogen-bond acceptors (Lipinski definition) is 2. The number of carbonyl (C=O) groups excluding carboxylic acids is 1. The molecule has 0 bridgehead atoms. The van der Waals surface area contributed by atoms with Gasteiger partial charge in [-0.15, -0.1) is 0 Å². The zero-order valence-electron chi connectivity index (χ0n) is 11.6. The second kappa shape index (κ2) is 6.14. The molecule has 3 N–H and O–H groups in total. The Kier molecular flexibility index (Phi) is 4.48. The second-order valence-electron chi connectivity index (χ2n) is 5.13. The van der Waals surface area contributed by atoms with E-state index in [1.807, 2.05) is 0 Å². The van der Waals surface area contributed by atoms with E-state index in [2.05, 4.69) is 5.32 Å². The van der Waals surface area contributed by atoms with Crippen LogP contribution in [0, 0.1) is 5.82 Å². The maximum atomic E-state index is 13.3. The van der Waals surface area contributed by atoms with Crippen LogP contribution in [0.3, 0.4) is 0 Å². The summed E-state index contributed by atoms with van der Waals surface area (Å²) in [5.41, 5.74) is 5.90. The highest BCUT2D eigenvalue weighted by atomic mass is 35.5. The molecule has 0 aliphatic rings. The molecule has 1 unspecified atom stereocenters. The molecule has 0 saturated heterocycles. The largest absolute Gasteiger partial charge is 0.371 e. The van der Waals surface area contributed by atoms with E-state index in [9.17, 15) is 9.18 Å². The minimum atomic E-state index is -1.03. The summed E-state index contributed by atoms with van der Waals surface area (Å²) in [6, 6.07) is 13.1. The Balaban J connectivity index is 2.23. The van der Waals surface area contributed by atoms with Crippen molar-refractivity contribution in [2.24, 2.45) is 5.73 Å². The van der Waals surface area contributed by atoms with Crippen molar-refractivity contribution in [2.45, 2.75) is 18.9 Å². The third-order valence-electron chi connectivity index (χ3n) is 3.25. The Hall–Kier alpha value is -2.07. The lowest BCUT2D eigenvalue weighted by atomic mass is 9.91. The molecule has 1 amide bonds. The lowest BCUT2D eigenvalue weighted by Gasteiger charge is -2.29. The molecule has 0 radical (unpaired) electrons. The van der Waals surface area contributed by atoms with E-state index in [1.165, 1.54) is 12.1 Å². The molecule has 0 saturated carbocycles. The number of rotatable bonds is 5. The highest BCUT2D eigenvalue weighted by Gasteiger charge is 2.31. The summed E-state index contributed by atoms with van der Waals surface area (Å²) in [6.07, 6.45) is 0.280. The van der Waals surface area contributed by atoms with Gasteiger partial charge in [-0.2, -0.15) is 0 Å². The first-order chi connectivity index (χ1) is 9.89. The van der Waals surface area contributed by atoms with Crippen LogP contribution in [0.2, 0.25) is 5.02 Å². The van der Waals surface area contributed by atoms with Gasteiger partial charge in [0.1, 0.15) is 11.4 Å². The van der Waals surface area contributed by atoms with Crippen molar-refractivity contribution in [3.8, 4) is 0 Å². The average molecular weight is 307 g/mol. The van der Waals surface area contributed by atoms with Crippen molar-refractivity contribution in [1.29, 1.82) is 0 Å². The van der Waals surface area contributed by atoms with Gasteiger partial charge in [0.25, 0.3) is 0 Å². The fourth-order valence-electron chi connectivity index (χ4n) is 2.10. The van der Waals surface area contributed by atoms with E-state index in [0.29, 0.717) is 10.6 Å². The quantitative estimate of drug-likeness (QED) is 0.890. The lowest BCUT2D eigenvalue weighted by Crippen LogP contribution is -2.49. The molecule has 1 atom stereocenters. The standard InChI is InChI=1S/C16H16ClFN2O/c1-16(15(19)21,10-11-3-2-4-13(18)9-11)20-14-7-5-12(17)6-8-14/h2-9,20H,10H2,1H3,(H2,19,21). The van der Waals surface area contributed by atoms with Gasteiger partial charge in [0.2, 0.25) is 5.91 Å². The van der Waals surface area contributed by atoms with Gasteiger partial charge < -0.3 is 11.1 Å². The molecule has 0 spiro atoms. The van der Waals surface area contributed by atoms with Crippen molar-refractivity contribution < 1.29 is 9.18 Å². The predicted molar refractivity (Wildman–Crippen MR) is 82.8 cm³/mol. The van der Waals surface area contributed by atoms with Crippen LogP contribution >= 0.6 is 11.6 Å². The van der Waals surface area contributed by atoms with Crippen molar-refractivity contribution in [3.05, 3.63) is 64.9 Å². The van der Waals surface area contributed by atoms with Gasteiger partial charge in [-0.25, -0.2) is 4.39 Å². The molecule has 21 heavy (non-hydrogen) atoms. The summed E-state index contributed by atoms with van der Waals surface area (Å²) >= 11 is 5.83. The summed E-state index contributed by atoms with van der Waals surface area (Å²) < 4.78 is 13.3. The molecular weight excluding hydrogens is 291 g/mol. The van der Waals surface area contributed by atoms with Gasteiger partial charge in [-0.1, -0.05) is 23.7 Å². The molecule has 110 valence electrons. The molecule has 0 aromatic heterocycles. The van der Waals surface area contributed by atoms with Crippen LogP contribution in [-0.2, 0) is 11.2 Å². The third kappa shape index (κ3) is 3.95. The van der Waals surface area contributed by atoms with Gasteiger partial charge >= 0.3 is 0 Å². The third-order valence-corrected chi connectivity index (χ3v) is 3.51. The molecule has 5 heteroatoms. The summed E-state index contributed by atoms with van der Waals surface area (Å²) in [5, 5.41) is 3.70. The monoisotopic (exact) mass is 306 g/mol. The van der Waals surface area contributed by atoms with Gasteiger partial charge in [-0.05, 0) is 48.9 Å². The van der Waals surface area contributed by atoms with Crippen LogP contribution in [0.1, 0.15) is 12.5 Å². The number of benzene rings is 2. The van der Waals surface area contributed by atoms with Gasteiger partial charge in [0, 0.05) is 17.1 Å². The minimum absolute atomic E-state index is 0.280. The van der Waals surface area contributed by atoms with E-state index in [4.69, 9.17) is 17.3 Å². The second-order valence-corrected chi connectivity index (χ2v) is 5.57. The number of anilines is 1. The van der Waals surface area contributed by atoms with Gasteiger partial charge in [0.05, 0.1) is 0 Å². The van der Waals surface area contributed by atoms with Crippen molar-refractivity contribution >= 4 is 23.2 Å². The van der Waals surface area contributed by atoms with E-state index >= 15 is 0 Å². The SMILES string of the molecule is CC(Cc1cccc(F)c1)(Nc1ccc(Cl)cc1)C(N)=O. The summed E-state index contributed by atoms with van der Waals surface area (Å²) in [4.78, 5) is 11.8. The minimum Gasteiger partial charge on any atom is -0.371 e. The number of primary amides is 1. The molecule has 2 aromatic carbocycles. The average Bonchev–Trinajstić information content (AvgIpc) is 2.41. The lowest BCUT2D eigenvalue weighted by molar-refractivity contribution is -0.121. The van der Waals surface area contributed by atoms with Crippen molar-refractivity contribution in [2.75, 3.05) is 5.32 Å². The Bertz CT molecular complexity index is 645. The number of amides is 1. The summed E-state index contributed by atoms with van der Waals surface area (Å²) in [6.45, 7) is 1.69. The molecule has 0 aliphatic heterocycles. The topological polar surface area (TPSA) is 55.1 Å². The Labute approximate surface area is 127 Å². The molecule has 0 aliphatic carbocycles. The fraction of sp³-hybridized carbons (Fsp3) is 0.188. The van der Waals surface area contributed by atoms with Crippen LogP contribution in [0.4, 0.5) is 10.1 Å². The van der Waals surface area contributed by atoms with Crippen LogP contribution in [-0.4, -0.2) is 11.4 Å².